The van der Waals surface area contributed by atoms with Gasteiger partial charge in [-0.2, -0.15) is 0 Å². The third kappa shape index (κ3) is 1.84. The first-order chi connectivity index (χ1) is 7.72. The van der Waals surface area contributed by atoms with Gasteiger partial charge in [0.1, 0.15) is 0 Å². The van der Waals surface area contributed by atoms with Crippen LogP contribution in [0.4, 0.5) is 0 Å². The van der Waals surface area contributed by atoms with Crippen LogP contribution in [0, 0.1) is 0 Å². The molecule has 0 aliphatic rings. The number of benzene rings is 1. The normalized spacial score (nSPS) is 11.9. The van der Waals surface area contributed by atoms with Crippen LogP contribution >= 0.6 is 0 Å². The summed E-state index contributed by atoms with van der Waals surface area (Å²) in [5.74, 6) is -0.852. The molecule has 0 aliphatic heterocycles. The van der Waals surface area contributed by atoms with Gasteiger partial charge in [-0.25, -0.2) is 4.79 Å². The summed E-state index contributed by atoms with van der Waals surface area (Å²) in [6.45, 7) is 1.84. The zero-order chi connectivity index (χ0) is 11.5. The van der Waals surface area contributed by atoms with Gasteiger partial charge in [0.15, 0.2) is 0 Å². The van der Waals surface area contributed by atoms with Crippen molar-refractivity contribution in [2.24, 2.45) is 0 Å². The Bertz CT molecular complexity index is 552. The average molecular weight is 215 g/mol. The number of H-pyrrole nitrogens is 1. The molecule has 2 N–H and O–H groups in total. The number of aromatic amines is 1. The van der Waals surface area contributed by atoms with Gasteiger partial charge in [0.25, 0.3) is 0 Å². The third-order valence-corrected chi connectivity index (χ3v) is 2.61. The lowest BCUT2D eigenvalue weighted by atomic mass is 10.1. The molecule has 0 aliphatic carbocycles. The van der Waals surface area contributed by atoms with E-state index in [-0.39, 0.29) is 0 Å². The first-order valence-electron chi connectivity index (χ1n) is 5.22. The molecule has 2 rings (SSSR count). The molecule has 0 radical (unpaired) electrons. The topological polar surface area (TPSA) is 53.1 Å². The highest BCUT2D eigenvalue weighted by atomic mass is 16.4. The number of fused-ring (bicyclic) bond motifs is 1. The van der Waals surface area contributed by atoms with Gasteiger partial charge in [-0.05, 0) is 30.2 Å². The number of hydrogen-bond acceptors (Lipinski definition) is 1. The summed E-state index contributed by atoms with van der Waals surface area (Å²) in [7, 11) is 0. The van der Waals surface area contributed by atoms with Crippen LogP contribution in [0.15, 0.2) is 36.0 Å². The Balaban J connectivity index is 2.55. The second-order valence-electron chi connectivity index (χ2n) is 3.61. The summed E-state index contributed by atoms with van der Waals surface area (Å²) in [6, 6.07) is 7.77. The third-order valence-electron chi connectivity index (χ3n) is 2.61. The summed E-state index contributed by atoms with van der Waals surface area (Å²) < 4.78 is 0. The van der Waals surface area contributed by atoms with E-state index in [0.717, 1.165) is 16.5 Å². The molecule has 1 aromatic carbocycles. The zero-order valence-corrected chi connectivity index (χ0v) is 9.03. The minimum atomic E-state index is -0.852. The van der Waals surface area contributed by atoms with E-state index >= 15 is 0 Å². The summed E-state index contributed by atoms with van der Waals surface area (Å²) >= 11 is 0. The number of carboxylic acids is 1. The molecular formula is C13H13NO2. The van der Waals surface area contributed by atoms with E-state index in [4.69, 9.17) is 5.11 Å². The number of nitrogens with one attached hydrogen (secondary N) is 1. The fourth-order valence-corrected chi connectivity index (χ4v) is 1.74. The van der Waals surface area contributed by atoms with Crippen molar-refractivity contribution in [2.45, 2.75) is 13.3 Å². The first-order valence-corrected chi connectivity index (χ1v) is 5.22. The van der Waals surface area contributed by atoms with Crippen LogP contribution in [0.5, 0.6) is 0 Å². The molecule has 3 nitrogen and oxygen atoms in total. The molecule has 2 aromatic rings. The van der Waals surface area contributed by atoms with Crippen LogP contribution < -0.4 is 0 Å². The first kappa shape index (κ1) is 10.5. The fourth-order valence-electron chi connectivity index (χ4n) is 1.74. The number of aromatic nitrogens is 1. The lowest BCUT2D eigenvalue weighted by molar-refractivity contribution is -0.132. The predicted octanol–water partition coefficient (Wildman–Crippen LogP) is 3.05. The van der Waals surface area contributed by atoms with Gasteiger partial charge in [0.05, 0.1) is 0 Å². The summed E-state index contributed by atoms with van der Waals surface area (Å²) in [6.07, 6.45) is 4.11. The van der Waals surface area contributed by atoms with Crippen molar-refractivity contribution in [1.82, 2.24) is 4.98 Å². The lowest BCUT2D eigenvalue weighted by Crippen LogP contribution is -1.98. The maximum absolute atomic E-state index is 10.9. The molecule has 1 heterocycles. The summed E-state index contributed by atoms with van der Waals surface area (Å²) in [5, 5.41) is 10.0. The highest BCUT2D eigenvalue weighted by Crippen LogP contribution is 2.20. The van der Waals surface area contributed by atoms with Crippen LogP contribution in [-0.4, -0.2) is 16.1 Å². The van der Waals surface area contributed by atoms with Gasteiger partial charge < -0.3 is 10.1 Å². The Labute approximate surface area is 93.4 Å². The van der Waals surface area contributed by atoms with Crippen molar-refractivity contribution in [3.05, 3.63) is 41.6 Å². The van der Waals surface area contributed by atoms with Crippen molar-refractivity contribution in [2.75, 3.05) is 0 Å². The fraction of sp³-hybridized carbons (Fsp3) is 0.154. The Morgan fingerprint density at radius 1 is 1.44 bits per heavy atom. The monoisotopic (exact) mass is 215 g/mol. The molecule has 0 amide bonds. The van der Waals surface area contributed by atoms with Gasteiger partial charge >= 0.3 is 5.97 Å². The SMILES string of the molecule is CCC(=Cc1cccc2[nH]ccc12)C(=O)O. The Kier molecular flexibility index (Phi) is 2.77. The van der Waals surface area contributed by atoms with E-state index in [2.05, 4.69) is 4.98 Å². The minimum absolute atomic E-state index is 0.425. The second-order valence-corrected chi connectivity index (χ2v) is 3.61. The predicted molar refractivity (Wildman–Crippen MR) is 64.2 cm³/mol. The minimum Gasteiger partial charge on any atom is -0.478 e. The highest BCUT2D eigenvalue weighted by Gasteiger charge is 2.06. The summed E-state index contributed by atoms with van der Waals surface area (Å²) in [4.78, 5) is 14.0. The number of carboxylic acid groups (broad SMARTS) is 1. The molecule has 0 fully saturated rings. The second kappa shape index (κ2) is 4.23. The lowest BCUT2D eigenvalue weighted by Gasteiger charge is -2.00. The molecule has 0 spiro atoms. The molecule has 3 heteroatoms. The summed E-state index contributed by atoms with van der Waals surface area (Å²) in [5.41, 5.74) is 2.39. The molecule has 0 atom stereocenters. The molecule has 0 saturated heterocycles. The Morgan fingerprint density at radius 3 is 2.94 bits per heavy atom. The average Bonchev–Trinajstić information content (AvgIpc) is 2.73. The number of carbonyl (C=O) groups is 1. The van der Waals surface area contributed by atoms with Crippen molar-refractivity contribution in [3.63, 3.8) is 0 Å². The molecule has 0 unspecified atom stereocenters. The smallest absolute Gasteiger partial charge is 0.331 e. The molecule has 16 heavy (non-hydrogen) atoms. The Hall–Kier alpha value is -2.03. The quantitative estimate of drug-likeness (QED) is 0.773. The number of hydrogen-bond donors (Lipinski definition) is 2. The van der Waals surface area contributed by atoms with E-state index in [1.54, 1.807) is 6.08 Å². The standard InChI is InChI=1S/C13H13NO2/c1-2-9(13(15)16)8-10-4-3-5-12-11(10)6-7-14-12/h3-8,14H,2H2,1H3,(H,15,16). The maximum atomic E-state index is 10.9. The van der Waals surface area contributed by atoms with E-state index in [0.29, 0.717) is 12.0 Å². The van der Waals surface area contributed by atoms with Crippen LogP contribution in [0.2, 0.25) is 0 Å². The van der Waals surface area contributed by atoms with Crippen molar-refractivity contribution < 1.29 is 9.90 Å². The van der Waals surface area contributed by atoms with Crippen molar-refractivity contribution in [3.8, 4) is 0 Å². The van der Waals surface area contributed by atoms with Gasteiger partial charge in [0.2, 0.25) is 0 Å². The van der Waals surface area contributed by atoms with E-state index in [1.165, 1.54) is 0 Å². The van der Waals surface area contributed by atoms with E-state index in [1.807, 2.05) is 37.4 Å². The van der Waals surface area contributed by atoms with Gasteiger partial charge in [-0.15, -0.1) is 0 Å². The van der Waals surface area contributed by atoms with Crippen LogP contribution in [0.1, 0.15) is 18.9 Å². The maximum Gasteiger partial charge on any atom is 0.331 e. The van der Waals surface area contributed by atoms with Gasteiger partial charge in [-0.3, -0.25) is 0 Å². The van der Waals surface area contributed by atoms with Crippen LogP contribution in [0.25, 0.3) is 17.0 Å². The molecule has 82 valence electrons. The molecular weight excluding hydrogens is 202 g/mol. The van der Waals surface area contributed by atoms with E-state index < -0.39 is 5.97 Å². The highest BCUT2D eigenvalue weighted by molar-refractivity contribution is 5.96. The van der Waals surface area contributed by atoms with Crippen LogP contribution in [-0.2, 0) is 4.79 Å². The van der Waals surface area contributed by atoms with Crippen molar-refractivity contribution >= 4 is 22.9 Å². The zero-order valence-electron chi connectivity index (χ0n) is 9.03. The number of aliphatic carboxylic acids is 1. The van der Waals surface area contributed by atoms with Gasteiger partial charge in [0, 0.05) is 22.7 Å². The largest absolute Gasteiger partial charge is 0.478 e. The number of rotatable bonds is 3. The van der Waals surface area contributed by atoms with Gasteiger partial charge in [-0.1, -0.05) is 19.1 Å². The Morgan fingerprint density at radius 2 is 2.25 bits per heavy atom. The van der Waals surface area contributed by atoms with E-state index in [9.17, 15) is 4.79 Å². The molecule has 1 aromatic heterocycles. The van der Waals surface area contributed by atoms with Crippen LogP contribution in [0.3, 0.4) is 0 Å². The molecule has 0 bridgehead atoms. The van der Waals surface area contributed by atoms with Crippen molar-refractivity contribution in [1.29, 1.82) is 0 Å². The molecule has 0 saturated carbocycles.